The van der Waals surface area contributed by atoms with E-state index >= 15 is 0 Å². The van der Waals surface area contributed by atoms with Gasteiger partial charge in [-0.25, -0.2) is 8.78 Å². The first-order valence-corrected chi connectivity index (χ1v) is 10.5. The van der Waals surface area contributed by atoms with Crippen molar-refractivity contribution in [1.82, 2.24) is 0 Å². The molecule has 1 aliphatic rings. The fraction of sp³-hybridized carbons (Fsp3) is 0.400. The molecular weight excluding hydrogens is 426 g/mol. The van der Waals surface area contributed by atoms with Crippen molar-refractivity contribution < 1.29 is 33.9 Å². The molecule has 1 fully saturated rings. The van der Waals surface area contributed by atoms with E-state index in [4.69, 9.17) is 16.3 Å². The molecule has 0 amide bonds. The summed E-state index contributed by atoms with van der Waals surface area (Å²) >= 11 is 7.44. The molecule has 0 aromatic heterocycles. The molecule has 0 unspecified atom stereocenters. The number of benzene rings is 2. The highest BCUT2D eigenvalue weighted by molar-refractivity contribution is 7.98. The van der Waals surface area contributed by atoms with E-state index in [1.165, 1.54) is 36.0 Å². The number of halogens is 3. The Hall–Kier alpha value is -1.26. The Kier molecular flexibility index (Phi) is 7.16. The number of thioether (sulfide) groups is 1. The van der Waals surface area contributed by atoms with Gasteiger partial charge in [0.2, 0.25) is 0 Å². The van der Waals surface area contributed by atoms with Gasteiger partial charge in [-0.05, 0) is 35.6 Å². The number of ether oxygens (including phenoxy) is 1. The second-order valence-corrected chi connectivity index (χ2v) is 8.13. The number of aliphatic hydroxyl groups excluding tert-OH is 4. The summed E-state index contributed by atoms with van der Waals surface area (Å²) in [4.78, 5) is 0.463. The van der Waals surface area contributed by atoms with E-state index < -0.39 is 48.8 Å². The van der Waals surface area contributed by atoms with Gasteiger partial charge >= 0.3 is 0 Å². The number of rotatable bonds is 5. The SMILES string of the molecule is CSc1cc(F)c(Cc2cc([C@@H]3O[C@H](CO)[C@@H](O)[C@H](O)[C@H]3O)ccc2Cl)c(F)c1. The lowest BCUT2D eigenvalue weighted by Crippen LogP contribution is -2.55. The molecule has 5 nitrogen and oxygen atoms in total. The van der Waals surface area contributed by atoms with Crippen molar-refractivity contribution in [3.63, 3.8) is 0 Å². The van der Waals surface area contributed by atoms with Crippen LogP contribution in [0.3, 0.4) is 0 Å². The maximum absolute atomic E-state index is 14.4. The van der Waals surface area contributed by atoms with Gasteiger partial charge < -0.3 is 25.2 Å². The first-order chi connectivity index (χ1) is 13.8. The normalized spacial score (nSPS) is 27.2. The minimum Gasteiger partial charge on any atom is -0.394 e. The van der Waals surface area contributed by atoms with Gasteiger partial charge in [0.25, 0.3) is 0 Å². The van der Waals surface area contributed by atoms with Crippen LogP contribution < -0.4 is 0 Å². The van der Waals surface area contributed by atoms with Gasteiger partial charge in [-0.2, -0.15) is 0 Å². The quantitative estimate of drug-likeness (QED) is 0.527. The van der Waals surface area contributed by atoms with Gasteiger partial charge in [0.1, 0.15) is 42.2 Å². The number of hydrogen-bond acceptors (Lipinski definition) is 6. The third-order valence-electron chi connectivity index (χ3n) is 5.01. The monoisotopic (exact) mass is 446 g/mol. The minimum atomic E-state index is -1.53. The molecule has 0 bridgehead atoms. The highest BCUT2D eigenvalue weighted by atomic mass is 35.5. The standard InChI is InChI=1S/C20H21ClF2O5S/c1-29-11-6-14(22)12(15(23)7-11)5-10-4-9(2-3-13(10)21)20-19(27)18(26)17(25)16(8-24)28-20/h2-4,6-7,16-20,24-27H,5,8H2,1H3/t16-,17-,18+,19-,20+/m1/s1. The Morgan fingerprint density at radius 2 is 1.69 bits per heavy atom. The van der Waals surface area contributed by atoms with Crippen molar-refractivity contribution in [3.05, 3.63) is 63.7 Å². The van der Waals surface area contributed by atoms with E-state index in [1.807, 2.05) is 0 Å². The fourth-order valence-corrected chi connectivity index (χ4v) is 3.97. The molecule has 0 saturated carbocycles. The summed E-state index contributed by atoms with van der Waals surface area (Å²) in [5.74, 6) is -1.38. The van der Waals surface area contributed by atoms with Crippen LogP contribution in [-0.2, 0) is 11.2 Å². The van der Waals surface area contributed by atoms with Gasteiger partial charge in [-0.3, -0.25) is 0 Å². The van der Waals surface area contributed by atoms with Crippen LogP contribution in [0, 0.1) is 11.6 Å². The zero-order valence-corrected chi connectivity index (χ0v) is 17.0. The molecule has 2 aromatic carbocycles. The number of aliphatic hydroxyl groups is 4. The Balaban J connectivity index is 1.93. The first-order valence-electron chi connectivity index (χ1n) is 8.87. The smallest absolute Gasteiger partial charge is 0.130 e. The summed E-state index contributed by atoms with van der Waals surface area (Å²) in [5, 5.41) is 39.8. The average Bonchev–Trinajstić information content (AvgIpc) is 2.70. The molecule has 2 aromatic rings. The van der Waals surface area contributed by atoms with Crippen molar-refractivity contribution in [2.45, 2.75) is 41.8 Å². The van der Waals surface area contributed by atoms with E-state index in [-0.39, 0.29) is 17.0 Å². The Morgan fingerprint density at radius 3 is 2.28 bits per heavy atom. The van der Waals surface area contributed by atoms with Crippen LogP contribution in [0.1, 0.15) is 22.8 Å². The zero-order valence-electron chi connectivity index (χ0n) is 15.4. The summed E-state index contributed by atoms with van der Waals surface area (Å²) in [7, 11) is 0. The van der Waals surface area contributed by atoms with Crippen LogP contribution in [0.25, 0.3) is 0 Å². The van der Waals surface area contributed by atoms with Gasteiger partial charge in [-0.1, -0.05) is 23.7 Å². The first kappa shape index (κ1) is 22.4. The molecule has 1 heterocycles. The molecule has 29 heavy (non-hydrogen) atoms. The predicted molar refractivity (Wildman–Crippen MR) is 105 cm³/mol. The Bertz CT molecular complexity index is 859. The van der Waals surface area contributed by atoms with E-state index in [9.17, 15) is 29.2 Å². The third-order valence-corrected chi connectivity index (χ3v) is 6.08. The second kappa shape index (κ2) is 9.26. The largest absolute Gasteiger partial charge is 0.394 e. The number of hydrogen-bond donors (Lipinski definition) is 4. The minimum absolute atomic E-state index is 0.129. The Morgan fingerprint density at radius 1 is 1.03 bits per heavy atom. The van der Waals surface area contributed by atoms with Crippen LogP contribution in [0.2, 0.25) is 5.02 Å². The highest BCUT2D eigenvalue weighted by Gasteiger charge is 2.44. The van der Waals surface area contributed by atoms with Gasteiger partial charge in [0.05, 0.1) is 6.61 Å². The summed E-state index contributed by atoms with van der Waals surface area (Å²) in [5.41, 5.74) is 0.648. The fourth-order valence-electron chi connectivity index (χ4n) is 3.34. The predicted octanol–water partition coefficient (Wildman–Crippen LogP) is 2.45. The van der Waals surface area contributed by atoms with Gasteiger partial charge in [0, 0.05) is 21.9 Å². The molecule has 4 N–H and O–H groups in total. The highest BCUT2D eigenvalue weighted by Crippen LogP contribution is 2.35. The lowest BCUT2D eigenvalue weighted by Gasteiger charge is -2.40. The molecule has 158 valence electrons. The van der Waals surface area contributed by atoms with Crippen LogP contribution in [-0.4, -0.2) is 57.7 Å². The molecule has 1 aliphatic heterocycles. The second-order valence-electron chi connectivity index (χ2n) is 6.85. The molecule has 5 atom stereocenters. The van der Waals surface area contributed by atoms with Crippen molar-refractivity contribution in [2.24, 2.45) is 0 Å². The summed E-state index contributed by atoms with van der Waals surface area (Å²) < 4.78 is 34.3. The van der Waals surface area contributed by atoms with E-state index in [2.05, 4.69) is 0 Å². The van der Waals surface area contributed by atoms with Crippen molar-refractivity contribution in [3.8, 4) is 0 Å². The van der Waals surface area contributed by atoms with Crippen LogP contribution in [0.5, 0.6) is 0 Å². The third kappa shape index (κ3) is 4.59. The lowest BCUT2D eigenvalue weighted by molar-refractivity contribution is -0.231. The van der Waals surface area contributed by atoms with Gasteiger partial charge in [-0.15, -0.1) is 11.8 Å². The van der Waals surface area contributed by atoms with Crippen molar-refractivity contribution >= 4 is 23.4 Å². The lowest BCUT2D eigenvalue weighted by atomic mass is 9.90. The molecule has 9 heteroatoms. The summed E-state index contributed by atoms with van der Waals surface area (Å²) in [6.07, 6.45) is -5.00. The average molecular weight is 447 g/mol. The molecular formula is C20H21ClF2O5S. The zero-order chi connectivity index (χ0) is 21.3. The van der Waals surface area contributed by atoms with Crippen LogP contribution in [0.4, 0.5) is 8.78 Å². The summed E-state index contributed by atoms with van der Waals surface area (Å²) in [6.45, 7) is -0.555. The maximum atomic E-state index is 14.4. The molecule has 0 aliphatic carbocycles. The Labute approximate surface area is 175 Å². The van der Waals surface area contributed by atoms with E-state index in [0.717, 1.165) is 0 Å². The van der Waals surface area contributed by atoms with Crippen molar-refractivity contribution in [1.29, 1.82) is 0 Å². The topological polar surface area (TPSA) is 90.2 Å². The molecule has 1 saturated heterocycles. The van der Waals surface area contributed by atoms with Crippen LogP contribution >= 0.6 is 23.4 Å². The molecule has 3 rings (SSSR count). The van der Waals surface area contributed by atoms with Crippen LogP contribution in [0.15, 0.2) is 35.2 Å². The maximum Gasteiger partial charge on any atom is 0.130 e. The summed E-state index contributed by atoms with van der Waals surface area (Å²) in [6, 6.07) is 7.06. The van der Waals surface area contributed by atoms with E-state index in [0.29, 0.717) is 16.0 Å². The van der Waals surface area contributed by atoms with Gasteiger partial charge in [0.15, 0.2) is 0 Å². The molecule has 0 spiro atoms. The molecule has 0 radical (unpaired) electrons. The van der Waals surface area contributed by atoms with E-state index in [1.54, 1.807) is 12.3 Å². The van der Waals surface area contributed by atoms with Crippen molar-refractivity contribution in [2.75, 3.05) is 12.9 Å².